The molecule has 5 aliphatic rings. The van der Waals surface area contributed by atoms with Crippen LogP contribution in [0.15, 0.2) is 49.3 Å². The van der Waals surface area contributed by atoms with Crippen molar-refractivity contribution in [3.8, 4) is 0 Å². The third kappa shape index (κ3) is 14.1. The zero-order chi connectivity index (χ0) is 60.8. The summed E-state index contributed by atoms with van der Waals surface area (Å²) in [4.78, 5) is 112. The van der Waals surface area contributed by atoms with Gasteiger partial charge >= 0.3 is 52.6 Å². The summed E-state index contributed by atoms with van der Waals surface area (Å²) in [6.45, 7) is 24.8. The summed E-state index contributed by atoms with van der Waals surface area (Å²) in [6.07, 6.45) is 2.42. The first-order valence-electron chi connectivity index (χ1n) is 26.8. The van der Waals surface area contributed by atoms with Crippen LogP contribution in [0, 0.1) is 63.1 Å². The average molecular weight is 1180 g/mol. The molecule has 8 bridgehead atoms. The number of methoxy groups -OCH3 is 6. The van der Waals surface area contributed by atoms with Crippen molar-refractivity contribution < 1.29 is 89.0 Å². The van der Waals surface area contributed by atoms with Gasteiger partial charge in [-0.15, -0.1) is 0 Å². The summed E-state index contributed by atoms with van der Waals surface area (Å²) in [6, 6.07) is -0.962. The Morgan fingerprint density at radius 2 is 1.19 bits per heavy atom. The number of aliphatic hydroxyl groups is 2. The molecule has 23 heteroatoms. The third-order valence-electron chi connectivity index (χ3n) is 17.9. The van der Waals surface area contributed by atoms with Crippen molar-refractivity contribution in [2.24, 2.45) is 54.4 Å². The third-order valence-corrected chi connectivity index (χ3v) is 17.9. The number of nitrogens with zero attached hydrogens (tertiary/aromatic N) is 6. The monoisotopic (exact) mass is 1180 g/mol. The minimum absolute atomic E-state index is 0. The molecule has 0 aromatic rings. The van der Waals surface area contributed by atoms with Crippen molar-refractivity contribution in [3.05, 3.63) is 52.8 Å². The van der Waals surface area contributed by atoms with Crippen molar-refractivity contribution in [1.29, 1.82) is 10.5 Å². The van der Waals surface area contributed by atoms with Gasteiger partial charge in [0.15, 0.2) is 0 Å². The van der Waals surface area contributed by atoms with Gasteiger partial charge in [0.05, 0.1) is 71.4 Å². The van der Waals surface area contributed by atoms with Gasteiger partial charge in [-0.2, -0.15) is 5.70 Å². The zero-order valence-electron chi connectivity index (χ0n) is 49.4. The number of aliphatic imine (C=N–C) groups is 3. The van der Waals surface area contributed by atoms with Gasteiger partial charge in [-0.05, 0) is 94.3 Å². The summed E-state index contributed by atoms with van der Waals surface area (Å²) in [5, 5.41) is 44.3. The summed E-state index contributed by atoms with van der Waals surface area (Å²) >= 11 is 0. The average Bonchev–Trinajstić information content (AvgIpc) is 4.27. The second-order valence-corrected chi connectivity index (χ2v) is 22.4. The van der Waals surface area contributed by atoms with Gasteiger partial charge in [-0.3, -0.25) is 48.5 Å². The van der Waals surface area contributed by atoms with Crippen LogP contribution in [0.3, 0.4) is 0 Å². The van der Waals surface area contributed by atoms with E-state index in [1.165, 1.54) is 42.7 Å². The first kappa shape index (κ1) is 70.8. The number of allylic oxidation sites excluding steroid dienone is 4. The van der Waals surface area contributed by atoms with Crippen molar-refractivity contribution in [3.63, 3.8) is 0 Å². The van der Waals surface area contributed by atoms with Crippen molar-refractivity contribution >= 4 is 58.9 Å². The van der Waals surface area contributed by atoms with Crippen LogP contribution in [0.4, 0.5) is 0 Å². The number of unbranched alkanes of at least 4 members (excludes halogenated alkanes) is 2. The second-order valence-electron chi connectivity index (χ2n) is 22.4. The molecule has 448 valence electrons. The number of carbonyl (C=O) groups is 7. The molecule has 22 nitrogen and oxygen atoms in total. The molecule has 5 rings (SSSR count). The second kappa shape index (κ2) is 29.6. The van der Waals surface area contributed by atoms with Crippen LogP contribution in [-0.2, 0) is 78.8 Å². The molecule has 1 saturated heterocycles. The summed E-state index contributed by atoms with van der Waals surface area (Å²) in [5.74, 6) is -5.75. The molecule has 5 heterocycles. The zero-order valence-corrected chi connectivity index (χ0v) is 50.5. The summed E-state index contributed by atoms with van der Waals surface area (Å²) in [7, 11) is 7.70. The van der Waals surface area contributed by atoms with Gasteiger partial charge in [-0.1, -0.05) is 40.7 Å². The van der Waals surface area contributed by atoms with Gasteiger partial charge in [0.25, 0.3) is 0 Å². The van der Waals surface area contributed by atoms with E-state index in [2.05, 4.69) is 5.32 Å². The van der Waals surface area contributed by atoms with Crippen LogP contribution in [0.5, 0.6) is 0 Å². The Labute approximate surface area is 487 Å². The number of aliphatic hydroxyl groups excluding tert-OH is 1. The molecular weight excluding hydrogens is 1090 g/mol. The van der Waals surface area contributed by atoms with Crippen molar-refractivity contribution in [1.82, 2.24) is 5.32 Å². The van der Waals surface area contributed by atoms with Gasteiger partial charge < -0.3 is 72.9 Å². The maximum atomic E-state index is 14.4. The fraction of sp³-hybridized carbons (Fsp3) is 0.690. The predicted octanol–water partition coefficient (Wildman–Crippen LogP) is 6.73. The van der Waals surface area contributed by atoms with E-state index >= 15 is 0 Å². The maximum Gasteiger partial charge on any atom is 3.00 e. The topological polar surface area (TPSA) is 326 Å². The molecule has 81 heavy (non-hydrogen) atoms. The first-order chi connectivity index (χ1) is 37.7. The quantitative estimate of drug-likeness (QED) is 0.0413. The summed E-state index contributed by atoms with van der Waals surface area (Å²) in [5.41, 5.74) is -5.23. The molecule has 0 aromatic carbocycles. The van der Waals surface area contributed by atoms with Crippen LogP contribution in [0.25, 0.3) is 5.32 Å². The maximum absolute atomic E-state index is 14.4. The van der Waals surface area contributed by atoms with Gasteiger partial charge in [0.1, 0.15) is 5.60 Å². The fourth-order valence-corrected chi connectivity index (χ4v) is 12.8. The SMILES string of the molecule is COC(=O)CC[C@@H]1C2=NC(=C\C3=NC(=C(/C)C4=N[C@@](C)(C5[N-]/C(=C\2C)[C@](C)(CCC(=O)OC)[C@H]5CC(=O)OC)[C@@](C)(CC(=O)OC)[C@@H]4CCC(=O)OC)/[C@@](C)(CC(=O)NCCCCCO)[C@]3(O)CCC(=O)OC)/C1(C)C.[C-]#N.[C-]#N.[Co+3]. The van der Waals surface area contributed by atoms with Crippen LogP contribution in [0.2, 0.25) is 0 Å². The number of hydrogen-bond acceptors (Lipinski definition) is 20. The van der Waals surface area contributed by atoms with Crippen LogP contribution in [-0.4, -0.2) is 142 Å². The van der Waals surface area contributed by atoms with E-state index in [4.69, 9.17) is 72.4 Å². The van der Waals surface area contributed by atoms with E-state index < -0.39 is 98.3 Å². The van der Waals surface area contributed by atoms with Gasteiger partial charge in [0.2, 0.25) is 5.91 Å². The number of amides is 1. The summed E-state index contributed by atoms with van der Waals surface area (Å²) < 4.78 is 31.4. The van der Waals surface area contributed by atoms with Crippen LogP contribution in [0.1, 0.15) is 145 Å². The molecule has 1 fully saturated rings. The largest absolute Gasteiger partial charge is 3.00 e. The molecule has 1 amide bonds. The van der Waals surface area contributed by atoms with E-state index in [0.717, 1.165) is 0 Å². The van der Waals surface area contributed by atoms with E-state index in [0.29, 0.717) is 53.2 Å². The molecule has 9 atom stereocenters. The van der Waals surface area contributed by atoms with E-state index in [1.54, 1.807) is 19.9 Å². The van der Waals surface area contributed by atoms with E-state index in [-0.39, 0.29) is 112 Å². The Kier molecular flexibility index (Phi) is 25.9. The molecule has 0 radical (unpaired) electrons. The molecule has 5 aliphatic heterocycles. The molecule has 3 N–H and O–H groups in total. The standard InChI is InChI=1S/C56H83N5O15.2CN.Co/c1-32-46-34(18-20-40(64)71-9)51(3,4)37(58-46)29-38-56(70,25-23-43(67)74-12)54(7,30-39(63)57-26-16-15-17-27-62)49(59-38)33(2)47-35(19-21-41(65)72-10)53(6,31-45(69)76-14)55(8,61-47)50-36(28-44(68)75-13)52(5,48(32)60-50)24-22-42(66)73-11;2*1-2;/h29,34-36,50,62,70H,15-28,30-31H2,1-14H3,(H2,57,58,59,60,61,63);;;/q;2*-1;+3/p-1/t34-,35-,36+,50?,52-,53+,54-,55+,56+;;;/m1.../s1. The number of esters is 6. The Morgan fingerprint density at radius 1 is 0.667 bits per heavy atom. The van der Waals surface area contributed by atoms with Crippen LogP contribution < -0.4 is 5.32 Å². The molecule has 0 aliphatic carbocycles. The Bertz CT molecular complexity index is 2600. The smallest absolute Gasteiger partial charge is 0.682 e. The Hall–Kier alpha value is -6.27. The van der Waals surface area contributed by atoms with E-state index in [1.807, 2.05) is 41.5 Å². The number of hydrogen-bond donors (Lipinski definition) is 3. The number of fused-ring (bicyclic) bond motifs is 6. The first-order valence-corrected chi connectivity index (χ1v) is 26.8. The molecule has 0 aromatic heterocycles. The predicted molar refractivity (Wildman–Crippen MR) is 292 cm³/mol. The number of carbonyl (C=O) groups excluding carboxylic acids is 7. The number of ether oxygens (including phenoxy) is 6. The Balaban J connectivity index is 0.00000438. The van der Waals surface area contributed by atoms with E-state index in [9.17, 15) is 43.8 Å². The Morgan fingerprint density at radius 3 is 1.72 bits per heavy atom. The normalized spacial score (nSPS) is 30.8. The van der Waals surface area contributed by atoms with Crippen LogP contribution >= 0.6 is 0 Å². The molecule has 0 saturated carbocycles. The molecular formula is C58H82CoN7O15. The van der Waals surface area contributed by atoms with Crippen molar-refractivity contribution in [2.45, 2.75) is 162 Å². The minimum Gasteiger partial charge on any atom is -0.682 e. The number of rotatable bonds is 23. The molecule has 1 unspecified atom stereocenters. The number of nitrogens with one attached hydrogen (secondary N) is 1. The van der Waals surface area contributed by atoms with Crippen molar-refractivity contribution in [2.75, 3.05) is 55.8 Å². The molecule has 0 spiro atoms. The minimum atomic E-state index is -2.08. The van der Waals surface area contributed by atoms with Gasteiger partial charge in [-0.25, -0.2) is 0 Å². The van der Waals surface area contributed by atoms with Gasteiger partial charge in [0, 0.05) is 91.5 Å². The fourth-order valence-electron chi connectivity index (χ4n) is 12.8.